The molecule has 1 saturated heterocycles. The summed E-state index contributed by atoms with van der Waals surface area (Å²) in [5, 5.41) is 4.72. The molecule has 0 aromatic carbocycles. The smallest absolute Gasteiger partial charge is 0.169 e. The van der Waals surface area contributed by atoms with Crippen LogP contribution in [0, 0.1) is 5.92 Å². The lowest BCUT2D eigenvalue weighted by Crippen LogP contribution is -2.49. The molecule has 2 fully saturated rings. The number of rotatable bonds is 5. The molecule has 2 atom stereocenters. The van der Waals surface area contributed by atoms with Crippen LogP contribution < -0.4 is 5.32 Å². The molecule has 1 saturated carbocycles. The summed E-state index contributed by atoms with van der Waals surface area (Å²) in [6, 6.07) is 0.575. The molecule has 1 N–H and O–H groups in total. The van der Waals surface area contributed by atoms with Gasteiger partial charge in [0.05, 0.1) is 6.10 Å². The summed E-state index contributed by atoms with van der Waals surface area (Å²) in [7, 11) is 0. The van der Waals surface area contributed by atoms with Gasteiger partial charge in [-0.3, -0.25) is 0 Å². The lowest BCUT2D eigenvalue weighted by atomic mass is 9.94. The van der Waals surface area contributed by atoms with Crippen LogP contribution in [-0.4, -0.2) is 41.9 Å². The van der Waals surface area contributed by atoms with E-state index in [0.717, 1.165) is 30.7 Å². The molecule has 1 heterocycles. The Balaban J connectivity index is 1.55. The van der Waals surface area contributed by atoms with Crippen LogP contribution in [0.5, 0.6) is 0 Å². The van der Waals surface area contributed by atoms with E-state index in [1.54, 1.807) is 0 Å². The standard InChI is InChI=1S/C21H36N2OS/c25-21(22-19-12-7-2-1-3-8-13-19)23(17-20-14-9-15-24-20)16-18-10-5-4-6-11-18/h4-5,18-20H,1-3,6-17H2,(H,22,25). The fourth-order valence-electron chi connectivity index (χ4n) is 4.47. The van der Waals surface area contributed by atoms with Crippen LogP contribution in [0.15, 0.2) is 12.2 Å². The molecule has 4 heteroatoms. The van der Waals surface area contributed by atoms with Crippen LogP contribution in [0.25, 0.3) is 0 Å². The Morgan fingerprint density at radius 3 is 2.44 bits per heavy atom. The number of thiocarbonyl (C=S) groups is 1. The van der Waals surface area contributed by atoms with Crippen LogP contribution in [0.4, 0.5) is 0 Å². The lowest BCUT2D eigenvalue weighted by Gasteiger charge is -2.34. The Kier molecular flexibility index (Phi) is 8.06. The van der Waals surface area contributed by atoms with Gasteiger partial charge in [0, 0.05) is 25.7 Å². The van der Waals surface area contributed by atoms with Crippen molar-refractivity contribution in [2.24, 2.45) is 5.92 Å². The summed E-state index contributed by atoms with van der Waals surface area (Å²) in [6.07, 6.45) is 20.6. The third kappa shape index (κ3) is 6.56. The van der Waals surface area contributed by atoms with Gasteiger partial charge in [0.2, 0.25) is 0 Å². The van der Waals surface area contributed by atoms with Crippen molar-refractivity contribution in [2.45, 2.75) is 89.2 Å². The second-order valence-electron chi connectivity index (χ2n) is 8.18. The molecule has 0 bridgehead atoms. The van der Waals surface area contributed by atoms with Gasteiger partial charge in [-0.2, -0.15) is 0 Å². The molecule has 1 aliphatic heterocycles. The van der Waals surface area contributed by atoms with Crippen LogP contribution in [0.3, 0.4) is 0 Å². The van der Waals surface area contributed by atoms with Gasteiger partial charge >= 0.3 is 0 Å². The maximum atomic E-state index is 5.91. The lowest BCUT2D eigenvalue weighted by molar-refractivity contribution is 0.0871. The van der Waals surface area contributed by atoms with Crippen molar-refractivity contribution in [1.29, 1.82) is 0 Å². The predicted octanol–water partition coefficient (Wildman–Crippen LogP) is 4.81. The monoisotopic (exact) mass is 364 g/mol. The van der Waals surface area contributed by atoms with Gasteiger partial charge in [0.15, 0.2) is 5.11 Å². The van der Waals surface area contributed by atoms with E-state index in [-0.39, 0.29) is 0 Å². The Morgan fingerprint density at radius 1 is 0.960 bits per heavy atom. The van der Waals surface area contributed by atoms with Gasteiger partial charge in [0.25, 0.3) is 0 Å². The Bertz CT molecular complexity index is 426. The highest BCUT2D eigenvalue weighted by Crippen LogP contribution is 2.22. The number of hydrogen-bond acceptors (Lipinski definition) is 2. The molecule has 142 valence electrons. The first-order valence-corrected chi connectivity index (χ1v) is 11.0. The van der Waals surface area contributed by atoms with Crippen LogP contribution in [0.1, 0.15) is 77.0 Å². The number of hydrogen-bond donors (Lipinski definition) is 1. The first kappa shape index (κ1) is 19.2. The van der Waals surface area contributed by atoms with Gasteiger partial charge in [-0.15, -0.1) is 0 Å². The molecule has 3 nitrogen and oxygen atoms in total. The zero-order valence-electron chi connectivity index (χ0n) is 15.8. The molecule has 0 radical (unpaired) electrons. The topological polar surface area (TPSA) is 24.5 Å². The van der Waals surface area contributed by atoms with E-state index in [4.69, 9.17) is 17.0 Å². The molecule has 3 rings (SSSR count). The van der Waals surface area contributed by atoms with E-state index >= 15 is 0 Å². The van der Waals surface area contributed by atoms with Crippen LogP contribution in [-0.2, 0) is 4.74 Å². The van der Waals surface area contributed by atoms with E-state index in [2.05, 4.69) is 22.4 Å². The highest BCUT2D eigenvalue weighted by atomic mass is 32.1. The molecule has 0 aromatic rings. The number of nitrogens with one attached hydrogen (secondary N) is 1. The molecule has 0 aromatic heterocycles. The zero-order valence-corrected chi connectivity index (χ0v) is 16.6. The summed E-state index contributed by atoms with van der Waals surface area (Å²) in [5.74, 6) is 0.739. The third-order valence-electron chi connectivity index (χ3n) is 6.02. The second-order valence-corrected chi connectivity index (χ2v) is 8.57. The molecule has 0 amide bonds. The van der Waals surface area contributed by atoms with Crippen LogP contribution in [0.2, 0.25) is 0 Å². The highest BCUT2D eigenvalue weighted by molar-refractivity contribution is 7.80. The van der Waals surface area contributed by atoms with Crippen molar-refractivity contribution in [3.63, 3.8) is 0 Å². The van der Waals surface area contributed by atoms with Gasteiger partial charge in [-0.1, -0.05) is 44.3 Å². The Hall–Kier alpha value is -0.610. The van der Waals surface area contributed by atoms with Gasteiger partial charge in [0.1, 0.15) is 0 Å². The SMILES string of the molecule is S=C(NC1CCCCCCC1)N(CC1CC=CCC1)CC1CCCO1. The van der Waals surface area contributed by atoms with E-state index in [0.29, 0.717) is 12.1 Å². The van der Waals surface area contributed by atoms with Crippen molar-refractivity contribution in [3.8, 4) is 0 Å². The van der Waals surface area contributed by atoms with Crippen molar-refractivity contribution in [2.75, 3.05) is 19.7 Å². The normalized spacial score (nSPS) is 28.3. The van der Waals surface area contributed by atoms with E-state index in [1.807, 2.05) is 0 Å². The highest BCUT2D eigenvalue weighted by Gasteiger charge is 2.24. The maximum absolute atomic E-state index is 5.91. The number of nitrogens with zero attached hydrogens (tertiary/aromatic N) is 1. The molecule has 25 heavy (non-hydrogen) atoms. The second kappa shape index (κ2) is 10.5. The van der Waals surface area contributed by atoms with Crippen molar-refractivity contribution in [3.05, 3.63) is 12.2 Å². The summed E-state index contributed by atoms with van der Waals surface area (Å²) in [6.45, 7) is 2.98. The molecule has 3 aliphatic rings. The fraction of sp³-hybridized carbons (Fsp3) is 0.857. The van der Waals surface area contributed by atoms with Crippen molar-refractivity contribution < 1.29 is 4.74 Å². The van der Waals surface area contributed by atoms with Crippen LogP contribution >= 0.6 is 12.2 Å². The average molecular weight is 365 g/mol. The minimum Gasteiger partial charge on any atom is -0.376 e. The van der Waals surface area contributed by atoms with E-state index in [1.165, 1.54) is 77.0 Å². The minimum atomic E-state index is 0.371. The quantitative estimate of drug-likeness (QED) is 0.559. The first-order chi connectivity index (χ1) is 12.3. The Morgan fingerprint density at radius 2 is 1.76 bits per heavy atom. The molecular weight excluding hydrogens is 328 g/mol. The molecule has 2 aliphatic carbocycles. The van der Waals surface area contributed by atoms with Gasteiger partial charge in [-0.25, -0.2) is 0 Å². The summed E-state index contributed by atoms with van der Waals surface area (Å²) < 4.78 is 5.91. The van der Waals surface area contributed by atoms with Gasteiger partial charge in [-0.05, 0) is 63.1 Å². The van der Waals surface area contributed by atoms with E-state index < -0.39 is 0 Å². The average Bonchev–Trinajstić information content (AvgIpc) is 3.10. The van der Waals surface area contributed by atoms with Crippen molar-refractivity contribution >= 4 is 17.3 Å². The molecular formula is C21H36N2OS. The third-order valence-corrected chi connectivity index (χ3v) is 6.40. The zero-order chi connectivity index (χ0) is 17.3. The van der Waals surface area contributed by atoms with Crippen molar-refractivity contribution in [1.82, 2.24) is 10.2 Å². The summed E-state index contributed by atoms with van der Waals surface area (Å²) in [5.41, 5.74) is 0. The summed E-state index contributed by atoms with van der Waals surface area (Å²) in [4.78, 5) is 2.44. The Labute approximate surface area is 159 Å². The summed E-state index contributed by atoms with van der Waals surface area (Å²) >= 11 is 5.88. The van der Waals surface area contributed by atoms with E-state index in [9.17, 15) is 0 Å². The predicted molar refractivity (Wildman–Crippen MR) is 109 cm³/mol. The maximum Gasteiger partial charge on any atom is 0.169 e. The first-order valence-electron chi connectivity index (χ1n) is 10.6. The minimum absolute atomic E-state index is 0.371. The number of ether oxygens (including phenoxy) is 1. The fourth-order valence-corrected chi connectivity index (χ4v) is 4.79. The van der Waals surface area contributed by atoms with Gasteiger partial charge < -0.3 is 15.0 Å². The number of allylic oxidation sites excluding steroid dienone is 2. The molecule has 2 unspecified atom stereocenters. The largest absolute Gasteiger partial charge is 0.376 e. The molecule has 0 spiro atoms.